The molecule has 32 heavy (non-hydrogen) atoms. The Hall–Kier alpha value is -4.08. The summed E-state index contributed by atoms with van der Waals surface area (Å²) in [4.78, 5) is 37.9. The van der Waals surface area contributed by atoms with E-state index >= 15 is 0 Å². The van der Waals surface area contributed by atoms with E-state index in [1.807, 2.05) is 0 Å². The Kier molecular flexibility index (Phi) is 5.21. The highest BCUT2D eigenvalue weighted by atomic mass is 16.5. The maximum atomic E-state index is 12.9. The number of anilines is 4. The van der Waals surface area contributed by atoms with Crippen LogP contribution in [0.1, 0.15) is 13.8 Å². The first-order valence-electron chi connectivity index (χ1n) is 9.67. The van der Waals surface area contributed by atoms with E-state index in [0.717, 1.165) is 0 Å². The van der Waals surface area contributed by atoms with Crippen LogP contribution in [0.3, 0.4) is 0 Å². The molecular weight excluding hydrogens is 416 g/mol. The number of carbonyl (C=O) groups excluding carboxylic acids is 2. The number of rotatable bonds is 4. The summed E-state index contributed by atoms with van der Waals surface area (Å²) < 4.78 is 22.0. The van der Waals surface area contributed by atoms with E-state index in [1.165, 1.54) is 52.1 Å². The third kappa shape index (κ3) is 2.95. The van der Waals surface area contributed by atoms with Crippen LogP contribution >= 0.6 is 0 Å². The van der Waals surface area contributed by atoms with Crippen molar-refractivity contribution in [1.29, 1.82) is 0 Å². The second kappa shape index (κ2) is 7.88. The highest BCUT2D eigenvalue weighted by Crippen LogP contribution is 2.55. The van der Waals surface area contributed by atoms with Crippen molar-refractivity contribution in [3.05, 3.63) is 24.3 Å². The lowest BCUT2D eigenvalue weighted by Crippen LogP contribution is -2.36. The van der Waals surface area contributed by atoms with Gasteiger partial charge in [-0.3, -0.25) is 19.4 Å². The molecule has 0 unspecified atom stereocenters. The SMILES string of the molecule is COc1ccc(OC)c2c1N(C(C)=O)c1nc3c(OC)ccc(OC)c3nc1N2C(C)=O. The molecule has 0 bridgehead atoms. The molecule has 0 N–H and O–H groups in total. The molecule has 4 rings (SSSR count). The number of nitrogens with zero attached hydrogens (tertiary/aromatic N) is 4. The summed E-state index contributed by atoms with van der Waals surface area (Å²) in [5.74, 6) is 1.24. The minimum atomic E-state index is -0.349. The van der Waals surface area contributed by atoms with Gasteiger partial charge in [-0.2, -0.15) is 0 Å². The topological polar surface area (TPSA) is 103 Å². The number of hydrogen-bond donors (Lipinski definition) is 0. The molecule has 1 aliphatic rings. The fraction of sp³-hybridized carbons (Fsp3) is 0.273. The van der Waals surface area contributed by atoms with Gasteiger partial charge in [0.1, 0.15) is 45.4 Å². The van der Waals surface area contributed by atoms with Crippen LogP contribution in [0.5, 0.6) is 23.0 Å². The molecule has 0 aliphatic carbocycles. The van der Waals surface area contributed by atoms with Crippen molar-refractivity contribution in [2.75, 3.05) is 38.2 Å². The van der Waals surface area contributed by atoms with Gasteiger partial charge in [0.25, 0.3) is 0 Å². The zero-order chi connectivity index (χ0) is 23.2. The van der Waals surface area contributed by atoms with Crippen molar-refractivity contribution in [1.82, 2.24) is 9.97 Å². The number of ether oxygens (including phenoxy) is 4. The normalized spacial score (nSPS) is 12.2. The van der Waals surface area contributed by atoms with Crippen LogP contribution < -0.4 is 28.7 Å². The van der Waals surface area contributed by atoms with Crippen molar-refractivity contribution in [3.8, 4) is 23.0 Å². The Morgan fingerprint density at radius 3 is 1.22 bits per heavy atom. The molecule has 0 saturated heterocycles. The largest absolute Gasteiger partial charge is 0.494 e. The van der Waals surface area contributed by atoms with Crippen molar-refractivity contribution < 1.29 is 28.5 Å². The lowest BCUT2D eigenvalue weighted by Gasteiger charge is -2.37. The lowest BCUT2D eigenvalue weighted by atomic mass is 10.1. The number of carbonyl (C=O) groups is 2. The molecule has 0 saturated carbocycles. The Morgan fingerprint density at radius 1 is 0.625 bits per heavy atom. The van der Waals surface area contributed by atoms with Gasteiger partial charge in [-0.15, -0.1) is 0 Å². The quantitative estimate of drug-likeness (QED) is 0.611. The molecule has 1 aliphatic heterocycles. The van der Waals surface area contributed by atoms with Gasteiger partial charge in [-0.1, -0.05) is 0 Å². The Morgan fingerprint density at radius 2 is 0.938 bits per heavy atom. The molecule has 10 nitrogen and oxygen atoms in total. The van der Waals surface area contributed by atoms with E-state index in [0.29, 0.717) is 45.4 Å². The Balaban J connectivity index is 2.19. The summed E-state index contributed by atoms with van der Waals surface area (Å²) in [5.41, 5.74) is 1.42. The summed E-state index contributed by atoms with van der Waals surface area (Å²) in [7, 11) is 5.98. The van der Waals surface area contributed by atoms with Crippen molar-refractivity contribution in [3.63, 3.8) is 0 Å². The van der Waals surface area contributed by atoms with Gasteiger partial charge in [-0.05, 0) is 24.3 Å². The van der Waals surface area contributed by atoms with Gasteiger partial charge in [0.05, 0.1) is 28.4 Å². The van der Waals surface area contributed by atoms with Crippen LogP contribution in [-0.4, -0.2) is 50.2 Å². The second-order valence-corrected chi connectivity index (χ2v) is 6.91. The second-order valence-electron chi connectivity index (χ2n) is 6.91. The lowest BCUT2D eigenvalue weighted by molar-refractivity contribution is -0.117. The summed E-state index contributed by atoms with van der Waals surface area (Å²) in [6, 6.07) is 6.72. The minimum Gasteiger partial charge on any atom is -0.494 e. The van der Waals surface area contributed by atoms with E-state index < -0.39 is 0 Å². The zero-order valence-electron chi connectivity index (χ0n) is 18.5. The third-order valence-electron chi connectivity index (χ3n) is 5.17. The van der Waals surface area contributed by atoms with E-state index in [-0.39, 0.29) is 23.5 Å². The van der Waals surface area contributed by atoms with Gasteiger partial charge in [0.2, 0.25) is 11.8 Å². The fourth-order valence-electron chi connectivity index (χ4n) is 3.83. The molecule has 10 heteroatoms. The zero-order valence-corrected chi connectivity index (χ0v) is 18.5. The van der Waals surface area contributed by atoms with Gasteiger partial charge in [0, 0.05) is 13.8 Å². The number of aromatic nitrogens is 2. The van der Waals surface area contributed by atoms with Gasteiger partial charge in [0.15, 0.2) is 11.6 Å². The standard InChI is InChI=1S/C22H22N4O6/c1-11(27)25-19-15(31-5)9-10-16(32-6)20(19)26(12(2)28)22-21(25)23-17-13(29-3)7-8-14(30-4)18(17)24-22/h7-10H,1-6H3. The van der Waals surface area contributed by atoms with E-state index in [4.69, 9.17) is 28.9 Å². The monoisotopic (exact) mass is 438 g/mol. The molecule has 0 radical (unpaired) electrons. The summed E-state index contributed by atoms with van der Waals surface area (Å²) in [6.07, 6.45) is 0. The van der Waals surface area contributed by atoms with E-state index in [1.54, 1.807) is 24.3 Å². The summed E-state index contributed by atoms with van der Waals surface area (Å²) in [5, 5.41) is 0. The molecule has 0 atom stereocenters. The van der Waals surface area contributed by atoms with Crippen molar-refractivity contribution >= 4 is 45.9 Å². The Labute approximate surface area is 184 Å². The van der Waals surface area contributed by atoms with Crippen LogP contribution in [0, 0.1) is 0 Å². The van der Waals surface area contributed by atoms with Crippen LogP contribution in [0.4, 0.5) is 23.0 Å². The van der Waals surface area contributed by atoms with Gasteiger partial charge in [-0.25, -0.2) is 9.97 Å². The highest BCUT2D eigenvalue weighted by Gasteiger charge is 2.40. The van der Waals surface area contributed by atoms with E-state index in [2.05, 4.69) is 0 Å². The van der Waals surface area contributed by atoms with Crippen molar-refractivity contribution in [2.45, 2.75) is 13.8 Å². The minimum absolute atomic E-state index is 0.158. The predicted molar refractivity (Wildman–Crippen MR) is 118 cm³/mol. The van der Waals surface area contributed by atoms with Crippen LogP contribution in [0.2, 0.25) is 0 Å². The number of amides is 2. The first-order valence-corrected chi connectivity index (χ1v) is 9.67. The molecule has 2 heterocycles. The molecular formula is C22H22N4O6. The maximum absolute atomic E-state index is 12.9. The first kappa shape index (κ1) is 21.2. The molecule has 0 fully saturated rings. The van der Waals surface area contributed by atoms with Gasteiger partial charge >= 0.3 is 0 Å². The molecule has 3 aromatic rings. The average molecular weight is 438 g/mol. The predicted octanol–water partition coefficient (Wildman–Crippen LogP) is 3.35. The average Bonchev–Trinajstić information content (AvgIpc) is 2.79. The molecule has 166 valence electrons. The third-order valence-corrected chi connectivity index (χ3v) is 5.17. The van der Waals surface area contributed by atoms with E-state index in [9.17, 15) is 9.59 Å². The fourth-order valence-corrected chi connectivity index (χ4v) is 3.83. The van der Waals surface area contributed by atoms with Crippen LogP contribution in [0.15, 0.2) is 24.3 Å². The summed E-state index contributed by atoms with van der Waals surface area (Å²) >= 11 is 0. The number of fused-ring (bicyclic) bond motifs is 3. The van der Waals surface area contributed by atoms with Crippen LogP contribution in [-0.2, 0) is 9.59 Å². The highest BCUT2D eigenvalue weighted by molar-refractivity contribution is 6.17. The smallest absolute Gasteiger partial charge is 0.229 e. The number of methoxy groups -OCH3 is 4. The van der Waals surface area contributed by atoms with Crippen LogP contribution in [0.25, 0.3) is 11.0 Å². The maximum Gasteiger partial charge on any atom is 0.229 e. The first-order chi connectivity index (χ1) is 15.4. The van der Waals surface area contributed by atoms with Crippen molar-refractivity contribution in [2.24, 2.45) is 0 Å². The van der Waals surface area contributed by atoms with Gasteiger partial charge < -0.3 is 18.9 Å². The number of benzene rings is 2. The molecule has 0 spiro atoms. The number of hydrogen-bond acceptors (Lipinski definition) is 8. The molecule has 2 amide bonds. The molecule has 1 aromatic heterocycles. The molecule has 2 aromatic carbocycles. The Bertz CT molecular complexity index is 1160. The summed E-state index contributed by atoms with van der Waals surface area (Å²) in [6.45, 7) is 2.79.